The first kappa shape index (κ1) is 34.6. The van der Waals surface area contributed by atoms with Crippen LogP contribution in [0.25, 0.3) is 0 Å². The third-order valence-corrected chi connectivity index (χ3v) is 6.64. The summed E-state index contributed by atoms with van der Waals surface area (Å²) >= 11 is 0. The van der Waals surface area contributed by atoms with Crippen LogP contribution in [0.1, 0.15) is 156 Å². The molecule has 4 heteroatoms. The molecule has 0 rings (SSSR count). The molecule has 0 saturated carbocycles. The number of nitrogens with zero attached hydrogens (tertiary/aromatic N) is 1. The Morgan fingerprint density at radius 3 is 1.19 bits per heavy atom. The van der Waals surface area contributed by atoms with E-state index in [4.69, 9.17) is 0 Å². The second-order valence-electron chi connectivity index (χ2n) is 9.67. The van der Waals surface area contributed by atoms with Crippen LogP contribution in [-0.2, 0) is 4.79 Å². The van der Waals surface area contributed by atoms with Crippen molar-refractivity contribution in [3.05, 3.63) is 0 Å². The normalized spacial score (nSPS) is 12.1. The molecule has 0 aromatic heterocycles. The minimum absolute atomic E-state index is 0. The van der Waals surface area contributed by atoms with Gasteiger partial charge in [0.2, 0.25) is 0 Å². The van der Waals surface area contributed by atoms with E-state index >= 15 is 0 Å². The van der Waals surface area contributed by atoms with Crippen LogP contribution in [0.15, 0.2) is 0 Å². The average Bonchev–Trinajstić information content (AvgIpc) is 2.76. The van der Waals surface area contributed by atoms with Gasteiger partial charge in [-0.15, -0.1) is 0 Å². The van der Waals surface area contributed by atoms with Crippen LogP contribution in [0.2, 0.25) is 0 Å². The Bertz CT molecular complexity index is 356. The summed E-state index contributed by atoms with van der Waals surface area (Å²) in [6.45, 7) is 8.52. The molecule has 0 aromatic rings. The van der Waals surface area contributed by atoms with Crippen LogP contribution in [0.4, 0.5) is 0 Å². The van der Waals surface area contributed by atoms with Crippen molar-refractivity contribution in [2.24, 2.45) is 0 Å². The fraction of sp³-hybridized carbons (Fsp3) is 0.964. The summed E-state index contributed by atoms with van der Waals surface area (Å²) in [5.74, 6) is -0.861. The first-order valence-electron chi connectivity index (χ1n) is 14.1. The summed E-state index contributed by atoms with van der Waals surface area (Å²) in [6, 6.07) is -0.386. The van der Waals surface area contributed by atoms with Crippen molar-refractivity contribution in [1.82, 2.24) is 4.90 Å². The standard InChI is InChI=1S/C28H57NO2.Na/c1-4-7-10-12-14-16-18-20-22-25-29(27(28(30)31)24-9-6-3)26-23-21-19-17-15-13-11-8-5-2;/h27H,4-26H2,1-3H3,(H,30,31);/q;+1/p-1. The molecule has 0 saturated heterocycles. The zero-order chi connectivity index (χ0) is 23.0. The van der Waals surface area contributed by atoms with Gasteiger partial charge in [0.15, 0.2) is 0 Å². The molecule has 0 amide bonds. The Kier molecular flexibility index (Phi) is 29.9. The number of hydrogen-bond donors (Lipinski definition) is 0. The molecule has 0 N–H and O–H groups in total. The smallest absolute Gasteiger partial charge is 0.548 e. The fourth-order valence-corrected chi connectivity index (χ4v) is 4.52. The quantitative estimate of drug-likeness (QED) is 0.147. The molecule has 0 bridgehead atoms. The summed E-state index contributed by atoms with van der Waals surface area (Å²) in [7, 11) is 0. The molecule has 0 aromatic carbocycles. The number of carbonyl (C=O) groups excluding carboxylic acids is 1. The average molecular weight is 462 g/mol. The van der Waals surface area contributed by atoms with Crippen molar-refractivity contribution in [3.8, 4) is 0 Å². The molecule has 32 heavy (non-hydrogen) atoms. The Morgan fingerprint density at radius 1 is 0.562 bits per heavy atom. The van der Waals surface area contributed by atoms with Crippen LogP contribution in [-0.4, -0.2) is 30.0 Å². The fourth-order valence-electron chi connectivity index (χ4n) is 4.52. The molecule has 0 radical (unpaired) electrons. The van der Waals surface area contributed by atoms with Gasteiger partial charge in [0, 0.05) is 6.04 Å². The van der Waals surface area contributed by atoms with Gasteiger partial charge in [-0.25, -0.2) is 0 Å². The molecule has 0 heterocycles. The minimum Gasteiger partial charge on any atom is -0.548 e. The second-order valence-corrected chi connectivity index (χ2v) is 9.67. The maximum absolute atomic E-state index is 11.8. The molecule has 0 spiro atoms. The SMILES string of the molecule is CCCCCCCCCCCN(CCCCCCCCCCC)C(CCCC)C(=O)[O-].[Na+]. The predicted molar refractivity (Wildman–Crippen MR) is 134 cm³/mol. The van der Waals surface area contributed by atoms with Crippen molar-refractivity contribution in [2.45, 2.75) is 162 Å². The summed E-state index contributed by atoms with van der Waals surface area (Å²) in [5, 5.41) is 11.8. The van der Waals surface area contributed by atoms with Gasteiger partial charge in [-0.3, -0.25) is 4.90 Å². The number of carbonyl (C=O) groups is 1. The van der Waals surface area contributed by atoms with Crippen LogP contribution in [0.3, 0.4) is 0 Å². The van der Waals surface area contributed by atoms with Gasteiger partial charge in [0.25, 0.3) is 0 Å². The maximum atomic E-state index is 11.8. The van der Waals surface area contributed by atoms with Crippen molar-refractivity contribution in [3.63, 3.8) is 0 Å². The van der Waals surface area contributed by atoms with Gasteiger partial charge in [-0.1, -0.05) is 136 Å². The van der Waals surface area contributed by atoms with E-state index in [2.05, 4.69) is 25.7 Å². The van der Waals surface area contributed by atoms with Gasteiger partial charge in [-0.05, 0) is 32.4 Å². The number of unbranched alkanes of at least 4 members (excludes halogenated alkanes) is 17. The van der Waals surface area contributed by atoms with Crippen molar-refractivity contribution < 1.29 is 39.5 Å². The number of hydrogen-bond acceptors (Lipinski definition) is 3. The van der Waals surface area contributed by atoms with E-state index < -0.39 is 5.97 Å². The van der Waals surface area contributed by atoms with E-state index in [9.17, 15) is 9.90 Å². The summed E-state index contributed by atoms with van der Waals surface area (Å²) in [5.41, 5.74) is 0. The topological polar surface area (TPSA) is 43.4 Å². The van der Waals surface area contributed by atoms with E-state index in [1.54, 1.807) is 0 Å². The monoisotopic (exact) mass is 461 g/mol. The van der Waals surface area contributed by atoms with Crippen LogP contribution in [0.5, 0.6) is 0 Å². The first-order valence-corrected chi connectivity index (χ1v) is 14.1. The second kappa shape index (κ2) is 27.7. The van der Waals surface area contributed by atoms with E-state index in [-0.39, 0.29) is 35.6 Å². The third kappa shape index (κ3) is 22.2. The zero-order valence-electron chi connectivity index (χ0n) is 22.6. The van der Waals surface area contributed by atoms with Gasteiger partial charge < -0.3 is 9.90 Å². The van der Waals surface area contributed by atoms with E-state index in [1.807, 2.05) is 0 Å². The Morgan fingerprint density at radius 2 is 0.875 bits per heavy atom. The molecule has 1 unspecified atom stereocenters. The Hall–Kier alpha value is 0.430. The number of aliphatic carboxylic acids is 1. The van der Waals surface area contributed by atoms with Gasteiger partial charge in [-0.2, -0.15) is 0 Å². The number of rotatable bonds is 25. The molecule has 0 fully saturated rings. The van der Waals surface area contributed by atoms with E-state index in [0.29, 0.717) is 0 Å². The molecule has 186 valence electrons. The van der Waals surface area contributed by atoms with Gasteiger partial charge >= 0.3 is 29.6 Å². The minimum atomic E-state index is -0.861. The molecular weight excluding hydrogens is 405 g/mol. The predicted octanol–water partition coefficient (Wildman–Crippen LogP) is 4.66. The largest absolute Gasteiger partial charge is 1.00 e. The van der Waals surface area contributed by atoms with E-state index in [1.165, 1.54) is 103 Å². The van der Waals surface area contributed by atoms with Crippen LogP contribution in [0, 0.1) is 0 Å². The molecule has 0 aliphatic heterocycles. The zero-order valence-corrected chi connectivity index (χ0v) is 24.6. The molecule has 0 aliphatic rings. The summed E-state index contributed by atoms with van der Waals surface area (Å²) < 4.78 is 0. The Balaban J connectivity index is 0. The third-order valence-electron chi connectivity index (χ3n) is 6.64. The van der Waals surface area contributed by atoms with Crippen LogP contribution < -0.4 is 34.7 Å². The Labute approximate surface area is 224 Å². The van der Waals surface area contributed by atoms with Crippen molar-refractivity contribution >= 4 is 5.97 Å². The van der Waals surface area contributed by atoms with Crippen LogP contribution >= 0.6 is 0 Å². The first-order chi connectivity index (χ1) is 15.2. The number of carboxylic acids is 1. The van der Waals surface area contributed by atoms with Gasteiger partial charge in [0.1, 0.15) is 0 Å². The van der Waals surface area contributed by atoms with Crippen molar-refractivity contribution in [1.29, 1.82) is 0 Å². The van der Waals surface area contributed by atoms with E-state index in [0.717, 1.165) is 45.2 Å². The molecular formula is C28H56NNaO2. The van der Waals surface area contributed by atoms with Gasteiger partial charge in [0.05, 0.1) is 5.97 Å². The molecule has 3 nitrogen and oxygen atoms in total. The molecule has 0 aliphatic carbocycles. The molecule has 1 atom stereocenters. The van der Waals surface area contributed by atoms with Crippen molar-refractivity contribution in [2.75, 3.05) is 13.1 Å². The summed E-state index contributed by atoms with van der Waals surface area (Å²) in [4.78, 5) is 14.1. The number of carboxylic acid groups (broad SMARTS) is 1. The maximum Gasteiger partial charge on any atom is 1.00 e. The summed E-state index contributed by atoms with van der Waals surface area (Å²) in [6.07, 6.45) is 26.4.